The lowest BCUT2D eigenvalue weighted by Crippen LogP contribution is -1.99. The maximum Gasteiger partial charge on any atom is 0.182 e. The highest BCUT2D eigenvalue weighted by Gasteiger charge is 2.20. The van der Waals surface area contributed by atoms with Crippen LogP contribution in [0.2, 0.25) is 0 Å². The van der Waals surface area contributed by atoms with Crippen molar-refractivity contribution in [3.8, 4) is 79.2 Å². The van der Waals surface area contributed by atoms with Crippen LogP contribution in [0.15, 0.2) is 258 Å². The fraction of sp³-hybridized carbons (Fsp3) is 0.0154. The van der Waals surface area contributed by atoms with Gasteiger partial charge in [-0.05, 0) is 95.9 Å². The molecule has 0 aliphatic heterocycles. The highest BCUT2D eigenvalue weighted by Crippen LogP contribution is 2.38. The molecule has 0 unspecified atom stereocenters. The van der Waals surface area contributed by atoms with Crippen LogP contribution >= 0.6 is 0 Å². The average molecular weight is 941 g/mol. The SMILES string of the molecule is Cc1ccccc1.c1ccc(-c2nc(-c3ccccc3)n(-c3ccc4oc5ccc(-c6cccc(-c7ccc8oc9ccc(-n%10nc(-c%11ccccc%11)nc%10-c%10ccccc%10)cc9c8c7)c6)cc5c4c3)n2)cc1. The van der Waals surface area contributed by atoms with Crippen LogP contribution in [0.4, 0.5) is 0 Å². The summed E-state index contributed by atoms with van der Waals surface area (Å²) in [4.78, 5) is 10.1. The van der Waals surface area contributed by atoms with E-state index in [-0.39, 0.29) is 0 Å². The number of aryl methyl sites for hydroxylation is 1. The fourth-order valence-electron chi connectivity index (χ4n) is 9.52. The van der Waals surface area contributed by atoms with E-state index in [2.05, 4.69) is 116 Å². The largest absolute Gasteiger partial charge is 0.456 e. The zero-order valence-corrected chi connectivity index (χ0v) is 39.7. The molecule has 0 spiro atoms. The normalized spacial score (nSPS) is 11.4. The van der Waals surface area contributed by atoms with Gasteiger partial charge in [0, 0.05) is 43.8 Å². The molecule has 73 heavy (non-hydrogen) atoms. The van der Waals surface area contributed by atoms with Gasteiger partial charge in [0.1, 0.15) is 22.3 Å². The smallest absolute Gasteiger partial charge is 0.182 e. The molecule has 346 valence electrons. The third kappa shape index (κ3) is 8.32. The van der Waals surface area contributed by atoms with Crippen LogP contribution in [0.5, 0.6) is 0 Å². The van der Waals surface area contributed by atoms with Gasteiger partial charge in [-0.1, -0.05) is 188 Å². The van der Waals surface area contributed by atoms with Crippen molar-refractivity contribution < 1.29 is 8.83 Å². The monoisotopic (exact) mass is 940 g/mol. The van der Waals surface area contributed by atoms with Gasteiger partial charge in [0.05, 0.1) is 11.4 Å². The predicted octanol–water partition coefficient (Wildman–Crippen LogP) is 16.6. The third-order valence-electron chi connectivity index (χ3n) is 13.2. The van der Waals surface area contributed by atoms with Crippen molar-refractivity contribution in [3.63, 3.8) is 0 Å². The minimum atomic E-state index is 0.667. The van der Waals surface area contributed by atoms with Gasteiger partial charge in [0.2, 0.25) is 0 Å². The van der Waals surface area contributed by atoms with E-state index in [1.807, 2.05) is 149 Å². The highest BCUT2D eigenvalue weighted by molar-refractivity contribution is 6.08. The summed E-state index contributed by atoms with van der Waals surface area (Å²) in [5.74, 6) is 2.87. The molecule has 14 rings (SSSR count). The van der Waals surface area contributed by atoms with Crippen LogP contribution in [0, 0.1) is 6.92 Å². The summed E-state index contributed by atoms with van der Waals surface area (Å²) >= 11 is 0. The van der Waals surface area contributed by atoms with E-state index in [9.17, 15) is 0 Å². The summed E-state index contributed by atoms with van der Waals surface area (Å²) < 4.78 is 16.7. The van der Waals surface area contributed by atoms with Gasteiger partial charge in [-0.3, -0.25) is 0 Å². The topological polar surface area (TPSA) is 87.7 Å². The first-order valence-electron chi connectivity index (χ1n) is 24.3. The third-order valence-corrected chi connectivity index (χ3v) is 13.2. The minimum Gasteiger partial charge on any atom is -0.456 e. The van der Waals surface area contributed by atoms with Crippen LogP contribution in [-0.2, 0) is 0 Å². The van der Waals surface area contributed by atoms with Crippen LogP contribution in [0.3, 0.4) is 0 Å². The van der Waals surface area contributed by atoms with E-state index in [1.165, 1.54) is 5.56 Å². The van der Waals surface area contributed by atoms with Gasteiger partial charge in [0.25, 0.3) is 0 Å². The van der Waals surface area contributed by atoms with Gasteiger partial charge in [0.15, 0.2) is 23.3 Å². The van der Waals surface area contributed by atoms with E-state index < -0.39 is 0 Å². The standard InChI is InChI=1S/C58H36N6O2.C7H8/c1-5-14-37(15-6-1)55-59-57(39-18-9-3-10-19-39)63(61-55)45-26-30-53-49(35-45)47-33-43(24-28-51(47)65-53)41-22-13-23-42(32-41)44-25-29-52-48(34-44)50-36-46(27-31-54(50)66-52)64-58(40-20-11-4-12-21-40)60-56(62-64)38-16-7-2-8-17-38;1-7-5-3-2-4-6-7/h1-36H;2-6H,1H3. The van der Waals surface area contributed by atoms with Crippen molar-refractivity contribution in [2.45, 2.75) is 6.92 Å². The molecule has 0 radical (unpaired) electrons. The number of rotatable bonds is 8. The first-order chi connectivity index (χ1) is 36.1. The Labute approximate surface area is 420 Å². The number of nitrogens with zero attached hydrogens (tertiary/aromatic N) is 6. The maximum atomic E-state index is 6.41. The first-order valence-corrected chi connectivity index (χ1v) is 24.3. The molecule has 0 N–H and O–H groups in total. The number of hydrogen-bond donors (Lipinski definition) is 0. The minimum absolute atomic E-state index is 0.667. The molecule has 10 aromatic carbocycles. The van der Waals surface area contributed by atoms with Crippen molar-refractivity contribution in [2.24, 2.45) is 0 Å². The molecule has 0 fully saturated rings. The average Bonchev–Trinajstić information content (AvgIpc) is 4.27. The Morgan fingerprint density at radius 2 is 0.616 bits per heavy atom. The lowest BCUT2D eigenvalue weighted by molar-refractivity contribution is 0.668. The number of fused-ring (bicyclic) bond motifs is 6. The lowest BCUT2D eigenvalue weighted by atomic mass is 9.97. The van der Waals surface area contributed by atoms with E-state index in [4.69, 9.17) is 29.0 Å². The van der Waals surface area contributed by atoms with Crippen molar-refractivity contribution >= 4 is 43.9 Å². The summed E-state index contributed by atoms with van der Waals surface area (Å²) in [5, 5.41) is 14.1. The quantitative estimate of drug-likeness (QED) is 0.151. The maximum absolute atomic E-state index is 6.41. The summed E-state index contributed by atoms with van der Waals surface area (Å²) in [5.41, 5.74) is 14.6. The molecule has 14 aromatic rings. The van der Waals surface area contributed by atoms with Gasteiger partial charge in [-0.25, -0.2) is 19.3 Å². The van der Waals surface area contributed by atoms with Crippen molar-refractivity contribution in [1.82, 2.24) is 29.5 Å². The van der Waals surface area contributed by atoms with Crippen LogP contribution in [0.25, 0.3) is 123 Å². The first kappa shape index (κ1) is 43.1. The van der Waals surface area contributed by atoms with E-state index in [0.29, 0.717) is 11.6 Å². The van der Waals surface area contributed by atoms with Crippen molar-refractivity contribution in [1.29, 1.82) is 0 Å². The fourth-order valence-corrected chi connectivity index (χ4v) is 9.52. The van der Waals surface area contributed by atoms with Crippen LogP contribution < -0.4 is 0 Å². The molecular formula is C65H44N6O2. The molecule has 0 amide bonds. The molecule has 4 aromatic heterocycles. The molecule has 0 saturated heterocycles. The van der Waals surface area contributed by atoms with Crippen LogP contribution in [-0.4, -0.2) is 29.5 Å². The molecular weight excluding hydrogens is 897 g/mol. The Morgan fingerprint density at radius 3 is 1.00 bits per heavy atom. The zero-order chi connectivity index (χ0) is 48.7. The lowest BCUT2D eigenvalue weighted by Gasteiger charge is -2.08. The Balaban J connectivity index is 0.000000683. The highest BCUT2D eigenvalue weighted by atomic mass is 16.3. The van der Waals surface area contributed by atoms with Gasteiger partial charge >= 0.3 is 0 Å². The molecule has 0 saturated carbocycles. The van der Waals surface area contributed by atoms with Crippen molar-refractivity contribution in [3.05, 3.63) is 254 Å². The van der Waals surface area contributed by atoms with E-state index >= 15 is 0 Å². The molecule has 0 bridgehead atoms. The molecule has 8 nitrogen and oxygen atoms in total. The molecule has 0 atom stereocenters. The number of benzene rings is 10. The summed E-state index contributed by atoms with van der Waals surface area (Å²) in [6.45, 7) is 2.08. The number of furan rings is 2. The molecule has 8 heteroatoms. The Bertz CT molecular complexity index is 4000. The Hall–Kier alpha value is -9.92. The van der Waals surface area contributed by atoms with Gasteiger partial charge in [-0.2, -0.15) is 0 Å². The summed E-state index contributed by atoms with van der Waals surface area (Å²) in [7, 11) is 0. The van der Waals surface area contributed by atoms with Crippen molar-refractivity contribution in [2.75, 3.05) is 0 Å². The second-order valence-corrected chi connectivity index (χ2v) is 18.0. The second-order valence-electron chi connectivity index (χ2n) is 18.0. The van der Waals surface area contributed by atoms with E-state index in [1.54, 1.807) is 0 Å². The zero-order valence-electron chi connectivity index (χ0n) is 39.7. The van der Waals surface area contributed by atoms with Gasteiger partial charge in [-0.15, -0.1) is 10.2 Å². The summed E-state index contributed by atoms with van der Waals surface area (Å²) in [6, 6.07) is 84.8. The Morgan fingerprint density at radius 1 is 0.288 bits per heavy atom. The second kappa shape index (κ2) is 18.4. The number of aromatic nitrogens is 6. The molecule has 0 aliphatic rings. The predicted molar refractivity (Wildman–Crippen MR) is 295 cm³/mol. The molecule has 0 aliphatic carbocycles. The van der Waals surface area contributed by atoms with Crippen LogP contribution in [0.1, 0.15) is 5.56 Å². The molecule has 4 heterocycles. The number of hydrogen-bond acceptors (Lipinski definition) is 6. The Kier molecular flexibility index (Phi) is 10.9. The van der Waals surface area contributed by atoms with E-state index in [0.717, 1.165) is 111 Å². The van der Waals surface area contributed by atoms with Gasteiger partial charge < -0.3 is 8.83 Å². The summed E-state index contributed by atoms with van der Waals surface area (Å²) in [6.07, 6.45) is 0.